The number of nitrogens with zero attached hydrogens (tertiary/aromatic N) is 2. The van der Waals surface area contributed by atoms with E-state index < -0.39 is 0 Å². The van der Waals surface area contributed by atoms with Crippen LogP contribution in [0.4, 0.5) is 0 Å². The van der Waals surface area contributed by atoms with E-state index in [2.05, 4.69) is 47.1 Å². The second-order valence-electron chi connectivity index (χ2n) is 7.40. The summed E-state index contributed by atoms with van der Waals surface area (Å²) >= 11 is 0. The Bertz CT molecular complexity index is 764. The molecule has 1 spiro atoms. The predicted molar refractivity (Wildman–Crippen MR) is 90.6 cm³/mol. The van der Waals surface area contributed by atoms with Gasteiger partial charge < -0.3 is 4.74 Å². The number of hydrogen-bond donors (Lipinski definition) is 0. The third-order valence-corrected chi connectivity index (χ3v) is 5.99. The van der Waals surface area contributed by atoms with Crippen LogP contribution >= 0.6 is 0 Å². The second kappa shape index (κ2) is 4.81. The van der Waals surface area contributed by atoms with Gasteiger partial charge in [-0.2, -0.15) is 0 Å². The Hall–Kier alpha value is -1.87. The van der Waals surface area contributed by atoms with Gasteiger partial charge in [0.1, 0.15) is 5.60 Å². The molecule has 1 atom stereocenters. The molecule has 23 heavy (non-hydrogen) atoms. The molecule has 0 N–H and O–H groups in total. The lowest BCUT2D eigenvalue weighted by molar-refractivity contribution is -0.0814. The minimum atomic E-state index is -0.00378. The predicted octanol–water partition coefficient (Wildman–Crippen LogP) is 3.46. The maximum absolute atomic E-state index is 6.44. The van der Waals surface area contributed by atoms with E-state index in [1.807, 2.05) is 6.20 Å². The molecule has 3 fully saturated rings. The number of piperidine rings is 3. The van der Waals surface area contributed by atoms with Crippen molar-refractivity contribution in [1.82, 2.24) is 9.88 Å². The summed E-state index contributed by atoms with van der Waals surface area (Å²) in [5.74, 6) is 1.57. The van der Waals surface area contributed by atoms with Crippen LogP contribution in [0.2, 0.25) is 0 Å². The average molecular weight is 306 g/mol. The summed E-state index contributed by atoms with van der Waals surface area (Å²) in [5, 5.41) is 0. The van der Waals surface area contributed by atoms with Crippen molar-refractivity contribution in [1.29, 1.82) is 0 Å². The largest absolute Gasteiger partial charge is 0.469 e. The fourth-order valence-electron chi connectivity index (χ4n) is 4.75. The smallest absolute Gasteiger partial charge is 0.217 e. The van der Waals surface area contributed by atoms with Crippen LogP contribution in [-0.4, -0.2) is 35.1 Å². The number of benzene rings is 1. The standard InChI is InChI=1S/C20H22N2O/c1-14-4-2-3-5-18(14)16-10-15-11-20(23-19(15)21-12-16)13-22-8-6-17(20)7-9-22/h2-5,10,12,17H,6-9,11,13H2,1H3/t20-/m0/s1. The Kier molecular flexibility index (Phi) is 2.84. The molecule has 3 heteroatoms. The first-order valence-electron chi connectivity index (χ1n) is 8.70. The SMILES string of the molecule is Cc1ccccc1-c1cnc2c(c1)C[C@@]1(CN3CCC1CC3)O2. The van der Waals surface area contributed by atoms with Gasteiger partial charge in [0.05, 0.1) is 0 Å². The number of aromatic nitrogens is 1. The zero-order chi connectivity index (χ0) is 15.4. The molecule has 0 radical (unpaired) electrons. The van der Waals surface area contributed by atoms with E-state index in [1.165, 1.54) is 48.2 Å². The van der Waals surface area contributed by atoms with Gasteiger partial charge in [0.2, 0.25) is 5.88 Å². The van der Waals surface area contributed by atoms with Crippen molar-refractivity contribution < 1.29 is 4.74 Å². The molecular weight excluding hydrogens is 284 g/mol. The van der Waals surface area contributed by atoms with Crippen molar-refractivity contribution in [2.45, 2.75) is 31.8 Å². The maximum atomic E-state index is 6.44. The van der Waals surface area contributed by atoms with Gasteiger partial charge >= 0.3 is 0 Å². The zero-order valence-electron chi connectivity index (χ0n) is 13.6. The van der Waals surface area contributed by atoms with Crippen LogP contribution in [0.15, 0.2) is 36.5 Å². The van der Waals surface area contributed by atoms with Crippen LogP contribution in [-0.2, 0) is 6.42 Å². The molecule has 2 aromatic rings. The van der Waals surface area contributed by atoms with E-state index in [1.54, 1.807) is 0 Å². The summed E-state index contributed by atoms with van der Waals surface area (Å²) in [5.41, 5.74) is 5.07. The Morgan fingerprint density at radius 3 is 2.78 bits per heavy atom. The molecule has 6 rings (SSSR count). The number of fused-ring (bicyclic) bond motifs is 3. The molecule has 1 aromatic carbocycles. The molecule has 3 saturated heterocycles. The van der Waals surface area contributed by atoms with E-state index in [0.717, 1.165) is 18.8 Å². The lowest BCUT2D eigenvalue weighted by atomic mass is 9.73. The molecular formula is C20H22N2O. The summed E-state index contributed by atoms with van der Waals surface area (Å²) in [6.45, 7) is 5.73. The van der Waals surface area contributed by atoms with E-state index in [9.17, 15) is 0 Å². The third-order valence-electron chi connectivity index (χ3n) is 5.99. The van der Waals surface area contributed by atoms with Crippen molar-refractivity contribution in [2.24, 2.45) is 5.92 Å². The number of hydrogen-bond acceptors (Lipinski definition) is 3. The molecule has 4 aliphatic heterocycles. The monoisotopic (exact) mass is 306 g/mol. The van der Waals surface area contributed by atoms with Crippen LogP contribution in [0, 0.1) is 12.8 Å². The van der Waals surface area contributed by atoms with Gasteiger partial charge in [-0.15, -0.1) is 0 Å². The van der Waals surface area contributed by atoms with Gasteiger partial charge in [-0.3, -0.25) is 4.90 Å². The first-order chi connectivity index (χ1) is 11.2. The van der Waals surface area contributed by atoms with Gasteiger partial charge in [0, 0.05) is 36.2 Å². The minimum Gasteiger partial charge on any atom is -0.469 e. The van der Waals surface area contributed by atoms with Crippen LogP contribution in [0.5, 0.6) is 5.88 Å². The summed E-state index contributed by atoms with van der Waals surface area (Å²) in [6.07, 6.45) is 5.55. The normalized spacial score (nSPS) is 31.2. The van der Waals surface area contributed by atoms with E-state index in [0.29, 0.717) is 5.92 Å². The number of rotatable bonds is 1. The molecule has 0 saturated carbocycles. The van der Waals surface area contributed by atoms with Crippen LogP contribution in [0.3, 0.4) is 0 Å². The van der Waals surface area contributed by atoms with E-state index in [4.69, 9.17) is 4.74 Å². The van der Waals surface area contributed by atoms with Crippen molar-refractivity contribution in [3.05, 3.63) is 47.7 Å². The Morgan fingerprint density at radius 1 is 1.22 bits per heavy atom. The molecule has 0 aliphatic carbocycles. The quantitative estimate of drug-likeness (QED) is 0.807. The van der Waals surface area contributed by atoms with Crippen LogP contribution in [0.25, 0.3) is 11.1 Å². The van der Waals surface area contributed by atoms with Crippen molar-refractivity contribution in [2.75, 3.05) is 19.6 Å². The molecule has 4 aliphatic rings. The Balaban J connectivity index is 1.51. The van der Waals surface area contributed by atoms with Crippen LogP contribution < -0.4 is 4.74 Å². The van der Waals surface area contributed by atoms with E-state index in [-0.39, 0.29) is 5.60 Å². The first kappa shape index (κ1) is 13.6. The topological polar surface area (TPSA) is 25.4 Å². The molecule has 0 amide bonds. The highest BCUT2D eigenvalue weighted by molar-refractivity contribution is 5.67. The van der Waals surface area contributed by atoms with Crippen molar-refractivity contribution in [3.63, 3.8) is 0 Å². The molecule has 5 heterocycles. The molecule has 0 unspecified atom stereocenters. The number of aryl methyl sites for hydroxylation is 1. The van der Waals surface area contributed by atoms with Crippen LogP contribution in [0.1, 0.15) is 24.0 Å². The summed E-state index contributed by atoms with van der Waals surface area (Å²) in [7, 11) is 0. The van der Waals surface area contributed by atoms with Crippen molar-refractivity contribution >= 4 is 0 Å². The number of ether oxygens (including phenoxy) is 1. The first-order valence-corrected chi connectivity index (χ1v) is 8.70. The molecule has 2 bridgehead atoms. The summed E-state index contributed by atoms with van der Waals surface area (Å²) in [6, 6.07) is 10.8. The fraction of sp³-hybridized carbons (Fsp3) is 0.450. The second-order valence-corrected chi connectivity index (χ2v) is 7.40. The summed E-state index contributed by atoms with van der Waals surface area (Å²) < 4.78 is 6.44. The molecule has 3 nitrogen and oxygen atoms in total. The summed E-state index contributed by atoms with van der Waals surface area (Å²) in [4.78, 5) is 7.23. The fourth-order valence-corrected chi connectivity index (χ4v) is 4.75. The molecule has 118 valence electrons. The Morgan fingerprint density at radius 2 is 2.04 bits per heavy atom. The minimum absolute atomic E-state index is 0.00378. The highest BCUT2D eigenvalue weighted by atomic mass is 16.5. The van der Waals surface area contributed by atoms with Gasteiger partial charge in [0.15, 0.2) is 0 Å². The lowest BCUT2D eigenvalue weighted by Crippen LogP contribution is -2.61. The lowest BCUT2D eigenvalue weighted by Gasteiger charge is -2.50. The van der Waals surface area contributed by atoms with E-state index >= 15 is 0 Å². The molecule has 1 aromatic heterocycles. The van der Waals surface area contributed by atoms with Gasteiger partial charge in [-0.25, -0.2) is 4.98 Å². The van der Waals surface area contributed by atoms with Gasteiger partial charge in [-0.1, -0.05) is 24.3 Å². The highest BCUT2D eigenvalue weighted by Crippen LogP contribution is 2.46. The maximum Gasteiger partial charge on any atom is 0.217 e. The van der Waals surface area contributed by atoms with Gasteiger partial charge in [0.25, 0.3) is 0 Å². The Labute approximate surface area is 137 Å². The third kappa shape index (κ3) is 2.03. The van der Waals surface area contributed by atoms with Gasteiger partial charge in [-0.05, 0) is 50.0 Å². The van der Waals surface area contributed by atoms with Crippen molar-refractivity contribution in [3.8, 4) is 17.0 Å². The highest BCUT2D eigenvalue weighted by Gasteiger charge is 2.52. The zero-order valence-corrected chi connectivity index (χ0v) is 13.6. The number of pyridine rings is 1. The average Bonchev–Trinajstić information content (AvgIpc) is 2.93.